The predicted octanol–water partition coefficient (Wildman–Crippen LogP) is 2.67. The molecule has 0 radical (unpaired) electrons. The second kappa shape index (κ2) is 5.49. The van der Waals surface area contributed by atoms with E-state index in [1.165, 1.54) is 5.56 Å². The highest BCUT2D eigenvalue weighted by Gasteiger charge is 2.36. The number of hydrogen-bond donors (Lipinski definition) is 1. The summed E-state index contributed by atoms with van der Waals surface area (Å²) in [6.45, 7) is 5.57. The maximum absolute atomic E-state index is 12.8. The van der Waals surface area contributed by atoms with Gasteiger partial charge in [0.25, 0.3) is 5.91 Å². The zero-order valence-corrected chi connectivity index (χ0v) is 13.5. The predicted molar refractivity (Wildman–Crippen MR) is 86.3 cm³/mol. The van der Waals surface area contributed by atoms with Crippen molar-refractivity contribution in [1.29, 1.82) is 0 Å². The van der Waals surface area contributed by atoms with Gasteiger partial charge in [-0.25, -0.2) is 0 Å². The quantitative estimate of drug-likeness (QED) is 0.927. The summed E-state index contributed by atoms with van der Waals surface area (Å²) in [7, 11) is 0. The fourth-order valence-electron chi connectivity index (χ4n) is 3.58. The monoisotopic (exact) mass is 311 g/mol. The summed E-state index contributed by atoms with van der Waals surface area (Å²) >= 11 is 0. The molecule has 2 atom stereocenters. The van der Waals surface area contributed by atoms with Gasteiger partial charge in [-0.3, -0.25) is 9.89 Å². The van der Waals surface area contributed by atoms with Gasteiger partial charge in [-0.2, -0.15) is 5.10 Å². The first-order chi connectivity index (χ1) is 11.1. The molecule has 3 heterocycles. The standard InChI is InChI=1S/C18H21N3O2/c1-11-8-15-16(12(2)23-11)19-20-17(15)18(22)21-9-14(10-21)13-6-4-3-5-7-13/h3-7,11-12,14H,8-10H2,1-2H3,(H,19,20)/t11-,12+/m1/s1. The molecular weight excluding hydrogens is 290 g/mol. The van der Waals surface area contributed by atoms with Crippen molar-refractivity contribution >= 4 is 5.91 Å². The van der Waals surface area contributed by atoms with Crippen LogP contribution in [-0.2, 0) is 11.2 Å². The highest BCUT2D eigenvalue weighted by atomic mass is 16.5. The van der Waals surface area contributed by atoms with E-state index in [2.05, 4.69) is 22.3 Å². The number of aromatic nitrogens is 2. The fraction of sp³-hybridized carbons (Fsp3) is 0.444. The Balaban J connectivity index is 1.49. The molecule has 4 rings (SSSR count). The molecule has 2 aromatic rings. The summed E-state index contributed by atoms with van der Waals surface area (Å²) in [6.07, 6.45) is 0.832. The van der Waals surface area contributed by atoms with E-state index in [0.29, 0.717) is 11.6 Å². The number of H-pyrrole nitrogens is 1. The topological polar surface area (TPSA) is 58.2 Å². The first-order valence-electron chi connectivity index (χ1n) is 8.20. The highest BCUT2D eigenvalue weighted by molar-refractivity contribution is 5.94. The number of carbonyl (C=O) groups excluding carboxylic acids is 1. The Morgan fingerprint density at radius 3 is 2.74 bits per heavy atom. The molecule has 23 heavy (non-hydrogen) atoms. The molecule has 1 N–H and O–H groups in total. The van der Waals surface area contributed by atoms with Gasteiger partial charge in [-0.05, 0) is 19.4 Å². The van der Waals surface area contributed by atoms with Crippen LogP contribution in [0.2, 0.25) is 0 Å². The van der Waals surface area contributed by atoms with Gasteiger partial charge in [0.2, 0.25) is 0 Å². The minimum Gasteiger partial charge on any atom is -0.369 e. The van der Waals surface area contributed by atoms with Crippen LogP contribution in [0.4, 0.5) is 0 Å². The van der Waals surface area contributed by atoms with E-state index >= 15 is 0 Å². The van der Waals surface area contributed by atoms with E-state index in [1.54, 1.807) is 0 Å². The summed E-state index contributed by atoms with van der Waals surface area (Å²) in [6, 6.07) is 10.4. The number of carbonyl (C=O) groups is 1. The second-order valence-corrected chi connectivity index (χ2v) is 6.58. The number of ether oxygens (including phenoxy) is 1. The molecule has 2 aliphatic rings. The molecule has 0 aliphatic carbocycles. The number of amides is 1. The minimum atomic E-state index is -0.0312. The van der Waals surface area contributed by atoms with Crippen LogP contribution in [0.3, 0.4) is 0 Å². The van der Waals surface area contributed by atoms with Crippen LogP contribution in [-0.4, -0.2) is 40.2 Å². The summed E-state index contributed by atoms with van der Waals surface area (Å²) in [5.41, 5.74) is 3.86. The summed E-state index contributed by atoms with van der Waals surface area (Å²) < 4.78 is 5.79. The lowest BCUT2D eigenvalue weighted by Gasteiger charge is -2.39. The third-order valence-corrected chi connectivity index (χ3v) is 4.88. The number of nitrogens with zero attached hydrogens (tertiary/aromatic N) is 2. The first kappa shape index (κ1) is 14.5. The van der Waals surface area contributed by atoms with Crippen molar-refractivity contribution in [1.82, 2.24) is 15.1 Å². The lowest BCUT2D eigenvalue weighted by Crippen LogP contribution is -2.48. The molecule has 1 amide bonds. The fourth-order valence-corrected chi connectivity index (χ4v) is 3.58. The van der Waals surface area contributed by atoms with Gasteiger partial charge < -0.3 is 9.64 Å². The van der Waals surface area contributed by atoms with Crippen LogP contribution >= 0.6 is 0 Å². The zero-order chi connectivity index (χ0) is 16.0. The van der Waals surface area contributed by atoms with Crippen LogP contribution in [0, 0.1) is 0 Å². The zero-order valence-electron chi connectivity index (χ0n) is 13.5. The maximum atomic E-state index is 12.8. The third kappa shape index (κ3) is 2.45. The minimum absolute atomic E-state index is 0.0312. The number of benzene rings is 1. The first-order valence-corrected chi connectivity index (χ1v) is 8.20. The maximum Gasteiger partial charge on any atom is 0.274 e. The Hall–Kier alpha value is -2.14. The molecule has 1 saturated heterocycles. The third-order valence-electron chi connectivity index (χ3n) is 4.88. The van der Waals surface area contributed by atoms with Gasteiger partial charge in [0.15, 0.2) is 5.69 Å². The Labute approximate surface area is 135 Å². The van der Waals surface area contributed by atoms with E-state index in [0.717, 1.165) is 30.8 Å². The van der Waals surface area contributed by atoms with Crippen molar-refractivity contribution in [2.24, 2.45) is 0 Å². The van der Waals surface area contributed by atoms with Crippen molar-refractivity contribution in [2.75, 3.05) is 13.1 Å². The Kier molecular flexibility index (Phi) is 3.45. The molecule has 0 spiro atoms. The van der Waals surface area contributed by atoms with Crippen LogP contribution in [0.15, 0.2) is 30.3 Å². The molecule has 1 fully saturated rings. The molecule has 5 nitrogen and oxygen atoms in total. The lowest BCUT2D eigenvalue weighted by atomic mass is 9.90. The largest absolute Gasteiger partial charge is 0.369 e. The van der Waals surface area contributed by atoms with Crippen LogP contribution in [0.1, 0.15) is 53.2 Å². The van der Waals surface area contributed by atoms with Crippen molar-refractivity contribution in [3.63, 3.8) is 0 Å². The van der Waals surface area contributed by atoms with E-state index in [1.807, 2.05) is 36.9 Å². The highest BCUT2D eigenvalue weighted by Crippen LogP contribution is 2.33. The van der Waals surface area contributed by atoms with Gasteiger partial charge in [0.05, 0.1) is 17.9 Å². The second-order valence-electron chi connectivity index (χ2n) is 6.58. The molecule has 120 valence electrons. The van der Waals surface area contributed by atoms with Crippen molar-refractivity contribution in [3.05, 3.63) is 52.8 Å². The smallest absolute Gasteiger partial charge is 0.274 e. The molecule has 2 aliphatic heterocycles. The molecule has 0 unspecified atom stereocenters. The normalized spacial score (nSPS) is 24.2. The molecule has 5 heteroatoms. The molecule has 0 saturated carbocycles. The number of nitrogens with one attached hydrogen (secondary N) is 1. The van der Waals surface area contributed by atoms with E-state index in [-0.39, 0.29) is 18.1 Å². The van der Waals surface area contributed by atoms with Crippen LogP contribution < -0.4 is 0 Å². The number of likely N-dealkylation sites (tertiary alicyclic amines) is 1. The molecular formula is C18H21N3O2. The van der Waals surface area contributed by atoms with Gasteiger partial charge in [0, 0.05) is 31.0 Å². The van der Waals surface area contributed by atoms with Gasteiger partial charge >= 0.3 is 0 Å². The van der Waals surface area contributed by atoms with Crippen molar-refractivity contribution in [3.8, 4) is 0 Å². The number of aromatic amines is 1. The number of rotatable bonds is 2. The Morgan fingerprint density at radius 1 is 1.26 bits per heavy atom. The average molecular weight is 311 g/mol. The van der Waals surface area contributed by atoms with Crippen LogP contribution in [0.5, 0.6) is 0 Å². The number of fused-ring (bicyclic) bond motifs is 1. The van der Waals surface area contributed by atoms with Gasteiger partial charge in [-0.15, -0.1) is 0 Å². The number of hydrogen-bond acceptors (Lipinski definition) is 3. The van der Waals surface area contributed by atoms with Crippen LogP contribution in [0.25, 0.3) is 0 Å². The Bertz CT molecular complexity index is 719. The van der Waals surface area contributed by atoms with Crippen molar-refractivity contribution < 1.29 is 9.53 Å². The Morgan fingerprint density at radius 2 is 2.00 bits per heavy atom. The van der Waals surface area contributed by atoms with E-state index in [4.69, 9.17) is 4.74 Å². The summed E-state index contributed by atoms with van der Waals surface area (Å²) in [5, 5.41) is 7.29. The lowest BCUT2D eigenvalue weighted by molar-refractivity contribution is -0.00706. The van der Waals surface area contributed by atoms with E-state index < -0.39 is 0 Å². The van der Waals surface area contributed by atoms with Gasteiger partial charge in [0.1, 0.15) is 0 Å². The average Bonchev–Trinajstić information content (AvgIpc) is 2.90. The summed E-state index contributed by atoms with van der Waals surface area (Å²) in [5.74, 6) is 0.479. The van der Waals surface area contributed by atoms with Crippen molar-refractivity contribution in [2.45, 2.75) is 38.4 Å². The molecule has 0 bridgehead atoms. The van der Waals surface area contributed by atoms with Gasteiger partial charge in [-0.1, -0.05) is 30.3 Å². The SMILES string of the molecule is C[C@@H]1Cc2c(C(=O)N3CC(c4ccccc4)C3)n[nH]c2[C@H](C)O1. The summed E-state index contributed by atoms with van der Waals surface area (Å²) in [4.78, 5) is 14.6. The molecule has 1 aromatic heterocycles. The molecule has 1 aromatic carbocycles. The van der Waals surface area contributed by atoms with E-state index in [9.17, 15) is 4.79 Å².